The van der Waals surface area contributed by atoms with E-state index >= 15 is 0 Å². The average molecular weight is 540 g/mol. The summed E-state index contributed by atoms with van der Waals surface area (Å²) in [6.45, 7) is 0. The van der Waals surface area contributed by atoms with Crippen LogP contribution in [0.25, 0.3) is 0 Å². The summed E-state index contributed by atoms with van der Waals surface area (Å²) in [5.41, 5.74) is 0.648. The molecule has 41 heavy (non-hydrogen) atoms. The zero-order valence-electron chi connectivity index (χ0n) is 21.5. The summed E-state index contributed by atoms with van der Waals surface area (Å²) in [6.07, 6.45) is 0. The van der Waals surface area contributed by atoms with Gasteiger partial charge in [-0.05, 0) is 36.4 Å². The van der Waals surface area contributed by atoms with E-state index in [0.717, 1.165) is 0 Å². The molecule has 198 valence electrons. The van der Waals surface area contributed by atoms with Gasteiger partial charge in [0.1, 0.15) is 11.5 Å². The third-order valence-corrected chi connectivity index (χ3v) is 6.58. The van der Waals surface area contributed by atoms with Gasteiger partial charge in [0.2, 0.25) is 0 Å². The molecule has 0 atom stereocenters. The number of para-hydroxylation sites is 1. The SMILES string of the molecule is O=C(Nc1c(Oc2ccccc2)cc(OC(=O)c2ccccc2)c2c1C(=O)c1ccccc1C2=O)c1ccccc1. The van der Waals surface area contributed by atoms with Gasteiger partial charge in [-0.3, -0.25) is 14.4 Å². The van der Waals surface area contributed by atoms with E-state index in [1.165, 1.54) is 12.1 Å². The van der Waals surface area contributed by atoms with Crippen LogP contribution in [0.4, 0.5) is 5.69 Å². The minimum Gasteiger partial charge on any atom is -0.455 e. The van der Waals surface area contributed by atoms with Crippen molar-refractivity contribution in [3.63, 3.8) is 0 Å². The Labute approximate surface area is 235 Å². The summed E-state index contributed by atoms with van der Waals surface area (Å²) < 4.78 is 11.9. The standard InChI is InChI=1S/C34H21NO6/c36-31-24-18-10-11-19-25(24)32(37)29-28(31)26(41-34(39)22-14-6-2-7-15-22)20-27(40-23-16-8-3-9-17-23)30(29)35-33(38)21-12-4-1-5-13-21/h1-20H,(H,35,38). The zero-order valence-corrected chi connectivity index (χ0v) is 21.5. The highest BCUT2D eigenvalue weighted by Gasteiger charge is 2.37. The number of ether oxygens (including phenoxy) is 2. The van der Waals surface area contributed by atoms with Crippen LogP contribution < -0.4 is 14.8 Å². The van der Waals surface area contributed by atoms with Crippen LogP contribution in [-0.2, 0) is 0 Å². The Bertz CT molecular complexity index is 1820. The fourth-order valence-corrected chi connectivity index (χ4v) is 4.64. The number of carbonyl (C=O) groups is 4. The van der Waals surface area contributed by atoms with Crippen molar-refractivity contribution < 1.29 is 28.7 Å². The molecule has 0 saturated heterocycles. The summed E-state index contributed by atoms with van der Waals surface area (Å²) >= 11 is 0. The van der Waals surface area contributed by atoms with Crippen molar-refractivity contribution >= 4 is 29.1 Å². The molecule has 0 bridgehead atoms. The highest BCUT2D eigenvalue weighted by atomic mass is 16.5. The van der Waals surface area contributed by atoms with Crippen LogP contribution in [0.15, 0.2) is 121 Å². The van der Waals surface area contributed by atoms with Gasteiger partial charge in [-0.25, -0.2) is 4.79 Å². The summed E-state index contributed by atoms with van der Waals surface area (Å²) in [5, 5.41) is 2.79. The lowest BCUT2D eigenvalue weighted by atomic mass is 9.82. The van der Waals surface area contributed by atoms with Crippen molar-refractivity contribution in [3.05, 3.63) is 155 Å². The molecule has 0 aromatic heterocycles. The third kappa shape index (κ3) is 4.88. The minimum atomic E-state index is -0.723. The number of nitrogens with one attached hydrogen (secondary N) is 1. The van der Waals surface area contributed by atoms with Crippen molar-refractivity contribution in [3.8, 4) is 17.2 Å². The van der Waals surface area contributed by atoms with Crippen LogP contribution in [0.5, 0.6) is 17.2 Å². The minimum absolute atomic E-state index is 0.00920. The van der Waals surface area contributed by atoms with E-state index in [0.29, 0.717) is 11.3 Å². The van der Waals surface area contributed by atoms with Crippen LogP contribution in [0.3, 0.4) is 0 Å². The first-order valence-electron chi connectivity index (χ1n) is 12.8. The third-order valence-electron chi connectivity index (χ3n) is 6.58. The molecule has 1 aliphatic carbocycles. The maximum absolute atomic E-state index is 14.0. The molecule has 5 aromatic rings. The molecular weight excluding hydrogens is 518 g/mol. The van der Waals surface area contributed by atoms with Gasteiger partial charge in [0.05, 0.1) is 22.4 Å². The molecule has 0 saturated carbocycles. The van der Waals surface area contributed by atoms with Crippen molar-refractivity contribution in [1.82, 2.24) is 0 Å². The van der Waals surface area contributed by atoms with E-state index in [1.54, 1.807) is 103 Å². The van der Waals surface area contributed by atoms with Crippen LogP contribution in [0, 0.1) is 0 Å². The smallest absolute Gasteiger partial charge is 0.343 e. The molecule has 1 aliphatic rings. The maximum atomic E-state index is 14.0. The van der Waals surface area contributed by atoms with Gasteiger partial charge in [0.15, 0.2) is 17.3 Å². The lowest BCUT2D eigenvalue weighted by molar-refractivity contribution is 0.0730. The number of rotatable bonds is 6. The molecule has 0 heterocycles. The molecule has 1 amide bonds. The topological polar surface area (TPSA) is 98.8 Å². The second-order valence-electron chi connectivity index (χ2n) is 9.19. The molecule has 0 radical (unpaired) electrons. The monoisotopic (exact) mass is 539 g/mol. The van der Waals surface area contributed by atoms with Crippen molar-refractivity contribution in [2.45, 2.75) is 0 Å². The lowest BCUT2D eigenvalue weighted by Crippen LogP contribution is -2.26. The van der Waals surface area contributed by atoms with Gasteiger partial charge < -0.3 is 14.8 Å². The first-order valence-corrected chi connectivity index (χ1v) is 12.8. The predicted octanol–water partition coefficient (Wildman–Crippen LogP) is 6.73. The van der Waals surface area contributed by atoms with Crippen molar-refractivity contribution in [2.24, 2.45) is 0 Å². The van der Waals surface area contributed by atoms with Gasteiger partial charge in [0, 0.05) is 22.8 Å². The Hall–Kier alpha value is -5.82. The van der Waals surface area contributed by atoms with Gasteiger partial charge in [-0.15, -0.1) is 0 Å². The fourth-order valence-electron chi connectivity index (χ4n) is 4.64. The Morgan fingerprint density at radius 2 is 1.07 bits per heavy atom. The van der Waals surface area contributed by atoms with E-state index in [1.807, 2.05) is 6.07 Å². The first kappa shape index (κ1) is 25.5. The number of amides is 1. The Kier molecular flexibility index (Phi) is 6.67. The Morgan fingerprint density at radius 1 is 0.561 bits per heavy atom. The molecule has 6 rings (SSSR count). The largest absolute Gasteiger partial charge is 0.455 e. The number of esters is 1. The number of hydrogen-bond donors (Lipinski definition) is 1. The molecule has 0 unspecified atom stereocenters. The predicted molar refractivity (Wildman–Crippen MR) is 152 cm³/mol. The van der Waals surface area contributed by atoms with Crippen molar-refractivity contribution in [2.75, 3.05) is 5.32 Å². The van der Waals surface area contributed by atoms with Crippen LogP contribution in [0.1, 0.15) is 52.6 Å². The number of carbonyl (C=O) groups excluding carboxylic acids is 4. The molecule has 1 N–H and O–H groups in total. The van der Waals surface area contributed by atoms with Gasteiger partial charge in [-0.2, -0.15) is 0 Å². The van der Waals surface area contributed by atoms with E-state index in [9.17, 15) is 19.2 Å². The Balaban J connectivity index is 1.57. The summed E-state index contributed by atoms with van der Waals surface area (Å²) in [6, 6.07) is 33.2. The molecule has 0 spiro atoms. The number of hydrogen-bond acceptors (Lipinski definition) is 6. The molecule has 0 fully saturated rings. The molecule has 7 heteroatoms. The quantitative estimate of drug-likeness (QED) is 0.186. The number of benzene rings is 5. The molecule has 0 aliphatic heterocycles. The lowest BCUT2D eigenvalue weighted by Gasteiger charge is -2.25. The number of anilines is 1. The van der Waals surface area contributed by atoms with E-state index < -0.39 is 23.4 Å². The Morgan fingerprint density at radius 3 is 1.68 bits per heavy atom. The van der Waals surface area contributed by atoms with Crippen LogP contribution in [0.2, 0.25) is 0 Å². The van der Waals surface area contributed by atoms with E-state index in [2.05, 4.69) is 5.32 Å². The van der Waals surface area contributed by atoms with Crippen LogP contribution in [-0.4, -0.2) is 23.4 Å². The molecule has 5 aromatic carbocycles. The highest BCUT2D eigenvalue weighted by Crippen LogP contribution is 2.45. The van der Waals surface area contributed by atoms with Gasteiger partial charge >= 0.3 is 5.97 Å². The normalized spacial score (nSPS) is 11.7. The van der Waals surface area contributed by atoms with E-state index in [-0.39, 0.29) is 45.0 Å². The van der Waals surface area contributed by atoms with Gasteiger partial charge in [0.25, 0.3) is 5.91 Å². The maximum Gasteiger partial charge on any atom is 0.343 e. The van der Waals surface area contributed by atoms with Gasteiger partial charge in [-0.1, -0.05) is 78.9 Å². The fraction of sp³-hybridized carbons (Fsp3) is 0. The summed E-state index contributed by atoms with van der Waals surface area (Å²) in [4.78, 5) is 54.3. The second-order valence-corrected chi connectivity index (χ2v) is 9.19. The van der Waals surface area contributed by atoms with Crippen LogP contribution >= 0.6 is 0 Å². The number of ketones is 2. The number of fused-ring (bicyclic) bond motifs is 2. The average Bonchev–Trinajstić information content (AvgIpc) is 3.02. The highest BCUT2D eigenvalue weighted by molar-refractivity contribution is 6.32. The molecule has 7 nitrogen and oxygen atoms in total. The zero-order chi connectivity index (χ0) is 28.3. The van der Waals surface area contributed by atoms with E-state index in [4.69, 9.17) is 9.47 Å². The second kappa shape index (κ2) is 10.7. The first-order chi connectivity index (χ1) is 20.0. The molecular formula is C34H21NO6. The summed E-state index contributed by atoms with van der Waals surface area (Å²) in [5.74, 6) is -2.02. The van der Waals surface area contributed by atoms with Crippen molar-refractivity contribution in [1.29, 1.82) is 0 Å². The summed E-state index contributed by atoms with van der Waals surface area (Å²) in [7, 11) is 0.